The maximum Gasteiger partial charge on any atom is 0.306 e. The molecule has 0 aliphatic carbocycles. The van der Waals surface area contributed by atoms with Crippen LogP contribution in [0.4, 0.5) is 0 Å². The Bertz CT molecular complexity index is 1350. The molecule has 0 N–H and O–H groups in total. The zero-order valence-electron chi connectivity index (χ0n) is 54.8. The molecule has 1 unspecified atom stereocenters. The smallest absolute Gasteiger partial charge is 0.306 e. The van der Waals surface area contributed by atoms with Gasteiger partial charge in [0.1, 0.15) is 13.2 Å². The minimum Gasteiger partial charge on any atom is -0.462 e. The van der Waals surface area contributed by atoms with Crippen molar-refractivity contribution in [2.75, 3.05) is 13.2 Å². The Morgan fingerprint density at radius 3 is 0.691 bits per heavy atom. The molecule has 0 aromatic rings. The van der Waals surface area contributed by atoms with E-state index in [2.05, 4.69) is 57.2 Å². The number of allylic oxidation sites excluding steroid dienone is 6. The minimum absolute atomic E-state index is 0.0670. The fourth-order valence-corrected chi connectivity index (χ4v) is 11.2. The summed E-state index contributed by atoms with van der Waals surface area (Å²) in [6, 6.07) is 0. The molecule has 0 aliphatic heterocycles. The first-order valence-electron chi connectivity index (χ1n) is 36.5. The topological polar surface area (TPSA) is 78.9 Å². The molecule has 0 saturated heterocycles. The number of esters is 3. The Labute approximate surface area is 506 Å². The van der Waals surface area contributed by atoms with Crippen LogP contribution in [0.5, 0.6) is 0 Å². The number of hydrogen-bond donors (Lipinski definition) is 0. The predicted molar refractivity (Wildman–Crippen MR) is 353 cm³/mol. The van der Waals surface area contributed by atoms with Gasteiger partial charge in [0.15, 0.2) is 6.10 Å². The number of rotatable bonds is 68. The Hall–Kier alpha value is -2.37. The summed E-state index contributed by atoms with van der Waals surface area (Å²) in [6.07, 6.45) is 87.8. The van der Waals surface area contributed by atoms with Gasteiger partial charge in [-0.25, -0.2) is 0 Å². The molecule has 0 bridgehead atoms. The van der Waals surface area contributed by atoms with Gasteiger partial charge in [-0.3, -0.25) is 14.4 Å². The second-order valence-electron chi connectivity index (χ2n) is 24.9. The van der Waals surface area contributed by atoms with Crippen LogP contribution in [0.1, 0.15) is 406 Å². The lowest BCUT2D eigenvalue weighted by Gasteiger charge is -2.18. The molecular weight excluding hydrogens is 997 g/mol. The second kappa shape index (κ2) is 70.1. The van der Waals surface area contributed by atoms with Crippen molar-refractivity contribution >= 4 is 17.9 Å². The monoisotopic (exact) mass is 1140 g/mol. The lowest BCUT2D eigenvalue weighted by molar-refractivity contribution is -0.167. The first-order valence-corrected chi connectivity index (χ1v) is 36.5. The molecule has 0 radical (unpaired) electrons. The second-order valence-corrected chi connectivity index (χ2v) is 24.9. The molecule has 0 spiro atoms. The minimum atomic E-state index is -0.769. The summed E-state index contributed by atoms with van der Waals surface area (Å²) >= 11 is 0. The van der Waals surface area contributed by atoms with Crippen molar-refractivity contribution in [2.45, 2.75) is 412 Å². The Balaban J connectivity index is 4.05. The van der Waals surface area contributed by atoms with E-state index in [0.29, 0.717) is 19.3 Å². The summed E-state index contributed by atoms with van der Waals surface area (Å²) in [6.45, 7) is 6.67. The largest absolute Gasteiger partial charge is 0.462 e. The highest BCUT2D eigenvalue weighted by Gasteiger charge is 2.19. The fourth-order valence-electron chi connectivity index (χ4n) is 11.2. The molecule has 0 aliphatic rings. The molecule has 81 heavy (non-hydrogen) atoms. The van der Waals surface area contributed by atoms with E-state index in [1.807, 2.05) is 0 Å². The van der Waals surface area contributed by atoms with Gasteiger partial charge in [-0.05, 0) is 57.8 Å². The van der Waals surface area contributed by atoms with E-state index in [0.717, 1.165) is 70.6 Å². The van der Waals surface area contributed by atoms with Crippen LogP contribution in [0, 0.1) is 0 Å². The van der Waals surface area contributed by atoms with E-state index in [4.69, 9.17) is 14.2 Å². The molecule has 0 amide bonds. The van der Waals surface area contributed by atoms with E-state index >= 15 is 0 Å². The molecular formula is C75H140O6. The van der Waals surface area contributed by atoms with E-state index in [-0.39, 0.29) is 31.1 Å². The van der Waals surface area contributed by atoms with Crippen molar-refractivity contribution in [2.24, 2.45) is 0 Å². The standard InChI is InChI=1S/C75H140O6/c1-4-7-10-13-16-19-21-23-25-27-29-31-33-35-37-39-40-42-44-46-48-50-52-54-56-59-62-65-68-74(77)80-71-72(70-79-73(76)67-64-61-58-18-15-12-9-6-3)81-75(78)69-66-63-60-57-55-53-51-49-47-45-43-41-38-36-34-32-30-28-26-24-22-20-17-14-11-8-5-2/h22,24,28,30,34,36,72H,4-21,23,25-27,29,31-33,35,37-71H2,1-3H3/b24-22-,30-28-,36-34-. The highest BCUT2D eigenvalue weighted by molar-refractivity contribution is 5.71. The summed E-state index contributed by atoms with van der Waals surface area (Å²) in [5.74, 6) is -0.845. The third-order valence-electron chi connectivity index (χ3n) is 16.6. The lowest BCUT2D eigenvalue weighted by Crippen LogP contribution is -2.30. The maximum absolute atomic E-state index is 12.9. The number of ether oxygens (including phenoxy) is 3. The van der Waals surface area contributed by atoms with Crippen molar-refractivity contribution < 1.29 is 28.6 Å². The van der Waals surface area contributed by atoms with Crippen molar-refractivity contribution in [3.8, 4) is 0 Å². The summed E-state index contributed by atoms with van der Waals surface area (Å²) in [5.41, 5.74) is 0. The molecule has 6 nitrogen and oxygen atoms in total. The molecule has 0 heterocycles. The quantitative estimate of drug-likeness (QED) is 0.0261. The van der Waals surface area contributed by atoms with Crippen molar-refractivity contribution in [1.82, 2.24) is 0 Å². The highest BCUT2D eigenvalue weighted by Crippen LogP contribution is 2.19. The summed E-state index contributed by atoms with van der Waals surface area (Å²) in [5, 5.41) is 0. The van der Waals surface area contributed by atoms with Crippen LogP contribution in [0.25, 0.3) is 0 Å². The van der Waals surface area contributed by atoms with Crippen LogP contribution < -0.4 is 0 Å². The van der Waals surface area contributed by atoms with Crippen molar-refractivity contribution in [3.63, 3.8) is 0 Å². The molecule has 6 heteroatoms. The third kappa shape index (κ3) is 68.3. The fraction of sp³-hybridized carbons (Fsp3) is 0.880. The highest BCUT2D eigenvalue weighted by atomic mass is 16.6. The van der Waals surface area contributed by atoms with Crippen LogP contribution in [-0.2, 0) is 28.6 Å². The van der Waals surface area contributed by atoms with Gasteiger partial charge in [0.25, 0.3) is 0 Å². The molecule has 0 aromatic heterocycles. The SMILES string of the molecule is CCCCCCC/C=C\C/C=C\C/C=C\CCCCCCCCCCCCCCC(=O)OC(COC(=O)CCCCCCCCCC)COC(=O)CCCCCCCCCCCCCCCCCCCCCCCCCCCCCC. The van der Waals surface area contributed by atoms with Gasteiger partial charge >= 0.3 is 17.9 Å². The van der Waals surface area contributed by atoms with Gasteiger partial charge in [-0.2, -0.15) is 0 Å². The first-order chi connectivity index (χ1) is 40.0. The molecule has 0 rings (SSSR count). The van der Waals surface area contributed by atoms with E-state index < -0.39 is 6.10 Å². The van der Waals surface area contributed by atoms with Crippen LogP contribution in [-0.4, -0.2) is 37.2 Å². The van der Waals surface area contributed by atoms with Gasteiger partial charge in [-0.15, -0.1) is 0 Å². The normalized spacial score (nSPS) is 12.2. The number of hydrogen-bond acceptors (Lipinski definition) is 6. The third-order valence-corrected chi connectivity index (χ3v) is 16.6. The van der Waals surface area contributed by atoms with E-state index in [9.17, 15) is 14.4 Å². The van der Waals surface area contributed by atoms with Gasteiger partial charge in [0.2, 0.25) is 0 Å². The lowest BCUT2D eigenvalue weighted by atomic mass is 10.0. The molecule has 0 fully saturated rings. The summed E-state index contributed by atoms with van der Waals surface area (Å²) in [4.78, 5) is 38.3. The zero-order valence-corrected chi connectivity index (χ0v) is 54.8. The van der Waals surface area contributed by atoms with Crippen LogP contribution in [0.15, 0.2) is 36.5 Å². The summed E-state index contributed by atoms with van der Waals surface area (Å²) in [7, 11) is 0. The zero-order chi connectivity index (χ0) is 58.5. The number of carbonyl (C=O) groups is 3. The van der Waals surface area contributed by atoms with E-state index in [1.165, 1.54) is 295 Å². The molecule has 0 saturated carbocycles. The molecule has 0 aromatic carbocycles. The Kier molecular flexibility index (Phi) is 68.1. The van der Waals surface area contributed by atoms with Crippen LogP contribution in [0.2, 0.25) is 0 Å². The van der Waals surface area contributed by atoms with Gasteiger partial charge < -0.3 is 14.2 Å². The number of unbranched alkanes of at least 4 members (excludes halogenated alkanes) is 51. The Morgan fingerprint density at radius 1 is 0.247 bits per heavy atom. The average molecular weight is 1140 g/mol. The molecule has 476 valence electrons. The first kappa shape index (κ1) is 78.6. The van der Waals surface area contributed by atoms with Crippen molar-refractivity contribution in [1.29, 1.82) is 0 Å². The van der Waals surface area contributed by atoms with Crippen LogP contribution >= 0.6 is 0 Å². The summed E-state index contributed by atoms with van der Waals surface area (Å²) < 4.78 is 16.9. The van der Waals surface area contributed by atoms with Gasteiger partial charge in [0.05, 0.1) is 0 Å². The average Bonchev–Trinajstić information content (AvgIpc) is 3.47. The Morgan fingerprint density at radius 2 is 0.444 bits per heavy atom. The maximum atomic E-state index is 12.9. The predicted octanol–water partition coefficient (Wildman–Crippen LogP) is 25.1. The van der Waals surface area contributed by atoms with Crippen molar-refractivity contribution in [3.05, 3.63) is 36.5 Å². The van der Waals surface area contributed by atoms with E-state index in [1.54, 1.807) is 0 Å². The van der Waals surface area contributed by atoms with Crippen LogP contribution in [0.3, 0.4) is 0 Å². The van der Waals surface area contributed by atoms with Gasteiger partial charge in [0, 0.05) is 19.3 Å². The molecule has 1 atom stereocenters. The van der Waals surface area contributed by atoms with Gasteiger partial charge in [-0.1, -0.05) is 365 Å². The number of carbonyl (C=O) groups excluding carboxylic acids is 3.